The van der Waals surface area contributed by atoms with E-state index >= 15 is 0 Å². The Bertz CT molecular complexity index is 1130. The van der Waals surface area contributed by atoms with Crippen LogP contribution in [0.2, 0.25) is 0 Å². The highest BCUT2D eigenvalue weighted by atomic mass is 16.7. The molecule has 11 nitrogen and oxygen atoms in total. The number of aliphatic hydroxyl groups excluding tert-OH is 7. The summed E-state index contributed by atoms with van der Waals surface area (Å²) in [5, 5.41) is 76.2. The minimum Gasteiger partial charge on any atom is -0.394 e. The molecule has 1 aliphatic heterocycles. The van der Waals surface area contributed by atoms with Crippen LogP contribution >= 0.6 is 0 Å². The molecule has 0 saturated carbocycles. The lowest BCUT2D eigenvalue weighted by Gasteiger charge is -2.40. The van der Waals surface area contributed by atoms with E-state index in [-0.39, 0.29) is 6.42 Å². The SMILES string of the molecule is CCCCCCCCCCC/C=C\CCCCCCCCC(O)C(=O)NC(COC1OC(CO)C(O)C(O)C1O)C(O)C(O)CCCCCCCCCCCCCCCCCCCCCCCCC. The molecule has 0 bridgehead atoms. The summed E-state index contributed by atoms with van der Waals surface area (Å²) in [6, 6.07) is -1.17. The van der Waals surface area contributed by atoms with Crippen LogP contribution in [0.25, 0.3) is 0 Å². The van der Waals surface area contributed by atoms with Crippen molar-refractivity contribution in [1.29, 1.82) is 0 Å². The zero-order valence-electron chi connectivity index (χ0n) is 44.8. The van der Waals surface area contributed by atoms with E-state index in [4.69, 9.17) is 9.47 Å². The lowest BCUT2D eigenvalue weighted by Crippen LogP contribution is -2.60. The molecule has 11 heteroatoms. The van der Waals surface area contributed by atoms with Crippen molar-refractivity contribution >= 4 is 5.91 Å². The highest BCUT2D eigenvalue weighted by molar-refractivity contribution is 5.80. The summed E-state index contributed by atoms with van der Waals surface area (Å²) in [5.41, 5.74) is 0. The summed E-state index contributed by atoms with van der Waals surface area (Å²) >= 11 is 0. The van der Waals surface area contributed by atoms with E-state index in [2.05, 4.69) is 31.3 Å². The van der Waals surface area contributed by atoms with Crippen LogP contribution in [0.1, 0.15) is 284 Å². The lowest BCUT2D eigenvalue weighted by atomic mass is 9.98. The Kier molecular flexibility index (Phi) is 45.7. The average molecular weight is 985 g/mol. The number of amides is 1. The fraction of sp³-hybridized carbons (Fsp3) is 0.948. The minimum atomic E-state index is -1.66. The van der Waals surface area contributed by atoms with Crippen LogP contribution in [0.5, 0.6) is 0 Å². The lowest BCUT2D eigenvalue weighted by molar-refractivity contribution is -0.303. The average Bonchev–Trinajstić information content (AvgIpc) is 3.35. The topological polar surface area (TPSA) is 189 Å². The van der Waals surface area contributed by atoms with E-state index in [1.807, 2.05) is 0 Å². The third-order valence-corrected chi connectivity index (χ3v) is 14.6. The maximum atomic E-state index is 13.2. The summed E-state index contributed by atoms with van der Waals surface area (Å²) in [6.45, 7) is 3.49. The van der Waals surface area contributed by atoms with Crippen molar-refractivity contribution in [2.75, 3.05) is 13.2 Å². The first kappa shape index (κ1) is 65.9. The summed E-state index contributed by atoms with van der Waals surface area (Å²) in [4.78, 5) is 13.2. The summed E-state index contributed by atoms with van der Waals surface area (Å²) in [6.07, 6.45) is 44.0. The van der Waals surface area contributed by atoms with Crippen LogP contribution < -0.4 is 5.32 Å². The highest BCUT2D eigenvalue weighted by Crippen LogP contribution is 2.24. The molecule has 1 amide bonds. The van der Waals surface area contributed by atoms with Crippen molar-refractivity contribution in [2.24, 2.45) is 0 Å². The third-order valence-electron chi connectivity index (χ3n) is 14.6. The number of hydrogen-bond donors (Lipinski definition) is 8. The first-order valence-electron chi connectivity index (χ1n) is 29.6. The van der Waals surface area contributed by atoms with Crippen molar-refractivity contribution in [3.05, 3.63) is 12.2 Å². The molecular formula is C58H113NO10. The smallest absolute Gasteiger partial charge is 0.249 e. The van der Waals surface area contributed by atoms with Crippen LogP contribution in [-0.2, 0) is 14.3 Å². The maximum absolute atomic E-state index is 13.2. The first-order valence-corrected chi connectivity index (χ1v) is 29.6. The predicted molar refractivity (Wildman–Crippen MR) is 284 cm³/mol. The minimum absolute atomic E-state index is 0.256. The normalized spacial score (nSPS) is 20.4. The van der Waals surface area contributed by atoms with Gasteiger partial charge < -0.3 is 50.5 Å². The van der Waals surface area contributed by atoms with Crippen molar-refractivity contribution < 1.29 is 50.0 Å². The maximum Gasteiger partial charge on any atom is 0.249 e. The number of aliphatic hydroxyl groups is 7. The second-order valence-electron chi connectivity index (χ2n) is 21.1. The second-order valence-corrected chi connectivity index (χ2v) is 21.1. The Hall–Kier alpha value is -1.15. The fourth-order valence-electron chi connectivity index (χ4n) is 9.73. The van der Waals surface area contributed by atoms with Gasteiger partial charge in [0.25, 0.3) is 0 Å². The zero-order chi connectivity index (χ0) is 50.4. The molecule has 1 saturated heterocycles. The van der Waals surface area contributed by atoms with Crippen molar-refractivity contribution in [3.8, 4) is 0 Å². The molecule has 0 aromatic heterocycles. The molecule has 69 heavy (non-hydrogen) atoms. The summed E-state index contributed by atoms with van der Waals surface area (Å²) in [7, 11) is 0. The molecule has 410 valence electrons. The van der Waals surface area contributed by atoms with Crippen molar-refractivity contribution in [2.45, 2.75) is 339 Å². The van der Waals surface area contributed by atoms with Crippen molar-refractivity contribution in [3.63, 3.8) is 0 Å². The molecule has 0 aromatic rings. The summed E-state index contributed by atoms with van der Waals surface area (Å²) in [5.74, 6) is -0.697. The molecule has 0 aliphatic carbocycles. The Morgan fingerprint density at radius 2 is 0.841 bits per heavy atom. The number of nitrogens with one attached hydrogen (secondary N) is 1. The highest BCUT2D eigenvalue weighted by Gasteiger charge is 2.44. The molecule has 1 heterocycles. The quantitative estimate of drug-likeness (QED) is 0.0215. The van der Waals surface area contributed by atoms with E-state index in [1.165, 1.54) is 193 Å². The van der Waals surface area contributed by atoms with Gasteiger partial charge in [-0.05, 0) is 38.5 Å². The second kappa shape index (κ2) is 47.8. The molecule has 9 atom stereocenters. The largest absolute Gasteiger partial charge is 0.394 e. The van der Waals surface area contributed by atoms with E-state index in [1.54, 1.807) is 0 Å². The van der Waals surface area contributed by atoms with Gasteiger partial charge in [0.1, 0.15) is 36.6 Å². The van der Waals surface area contributed by atoms with Crippen LogP contribution in [0.15, 0.2) is 12.2 Å². The monoisotopic (exact) mass is 984 g/mol. The number of rotatable bonds is 51. The number of unbranched alkanes of at least 4 members (excludes halogenated alkanes) is 37. The van der Waals surface area contributed by atoms with E-state index in [9.17, 15) is 40.5 Å². The molecule has 8 N–H and O–H groups in total. The van der Waals surface area contributed by atoms with E-state index < -0.39 is 74.2 Å². The third kappa shape index (κ3) is 36.4. The van der Waals surface area contributed by atoms with Crippen LogP contribution in [0.4, 0.5) is 0 Å². The van der Waals surface area contributed by atoms with Gasteiger partial charge in [-0.25, -0.2) is 0 Å². The number of allylic oxidation sites excluding steroid dienone is 2. The Labute approximate surface area is 423 Å². The van der Waals surface area contributed by atoms with Gasteiger partial charge >= 0.3 is 0 Å². The molecule has 9 unspecified atom stereocenters. The van der Waals surface area contributed by atoms with Crippen LogP contribution in [0, 0.1) is 0 Å². The molecule has 0 spiro atoms. The summed E-state index contributed by atoms with van der Waals surface area (Å²) < 4.78 is 11.2. The number of carbonyl (C=O) groups is 1. The standard InChI is InChI=1S/C58H113NO10/c1-3-5-7-9-11-13-15-17-19-21-23-24-25-26-28-29-31-33-35-37-39-41-43-45-50(61)53(63)49(48-68-58-56(66)55(65)54(64)52(47-60)69-58)59-57(67)51(62)46-44-42-40-38-36-34-32-30-27-22-20-18-16-14-12-10-8-6-4-2/h27,30,49-56,58,60-66H,3-26,28-29,31-48H2,1-2H3,(H,59,67)/b30-27-. The molecule has 0 aromatic carbocycles. The number of carbonyl (C=O) groups excluding carboxylic acids is 1. The molecular weight excluding hydrogens is 871 g/mol. The van der Waals surface area contributed by atoms with Gasteiger partial charge in [0, 0.05) is 0 Å². The van der Waals surface area contributed by atoms with Crippen molar-refractivity contribution in [1.82, 2.24) is 5.32 Å². The number of hydrogen-bond acceptors (Lipinski definition) is 10. The Morgan fingerprint density at radius 3 is 1.22 bits per heavy atom. The fourth-order valence-corrected chi connectivity index (χ4v) is 9.73. The zero-order valence-corrected chi connectivity index (χ0v) is 44.8. The molecule has 1 fully saturated rings. The molecule has 1 rings (SSSR count). The van der Waals surface area contributed by atoms with Crippen LogP contribution in [-0.4, -0.2) is 110 Å². The predicted octanol–water partition coefficient (Wildman–Crippen LogP) is 12.4. The van der Waals surface area contributed by atoms with E-state index in [0.717, 1.165) is 51.4 Å². The van der Waals surface area contributed by atoms with Gasteiger partial charge in [0.05, 0.1) is 25.4 Å². The van der Waals surface area contributed by atoms with Gasteiger partial charge in [-0.1, -0.05) is 257 Å². The Balaban J connectivity index is 2.30. The van der Waals surface area contributed by atoms with Gasteiger partial charge in [-0.15, -0.1) is 0 Å². The van der Waals surface area contributed by atoms with Gasteiger partial charge in [-0.2, -0.15) is 0 Å². The first-order chi connectivity index (χ1) is 33.7. The molecule has 0 radical (unpaired) electrons. The molecule has 1 aliphatic rings. The number of ether oxygens (including phenoxy) is 2. The van der Waals surface area contributed by atoms with Gasteiger partial charge in [0.15, 0.2) is 6.29 Å². The van der Waals surface area contributed by atoms with E-state index in [0.29, 0.717) is 19.3 Å². The Morgan fingerprint density at radius 1 is 0.493 bits per heavy atom. The van der Waals surface area contributed by atoms with Crippen LogP contribution in [0.3, 0.4) is 0 Å². The van der Waals surface area contributed by atoms with Gasteiger partial charge in [0.2, 0.25) is 5.91 Å². The van der Waals surface area contributed by atoms with Gasteiger partial charge in [-0.3, -0.25) is 4.79 Å².